The van der Waals surface area contributed by atoms with Crippen LogP contribution in [-0.2, 0) is 4.79 Å². The lowest BCUT2D eigenvalue weighted by molar-refractivity contribution is -0.133. The van der Waals surface area contributed by atoms with Gasteiger partial charge in [-0.15, -0.1) is 0 Å². The Hall–Kier alpha value is -1.42. The SMILES string of the molecule is CC(CC(=O)N1CCC(CO)CC1)c1ccccc1F. The number of aliphatic hydroxyl groups is 1. The first-order valence-electron chi connectivity index (χ1n) is 7.25. The molecule has 0 saturated carbocycles. The standard InChI is InChI=1S/C16H22FNO2/c1-12(14-4-2-3-5-15(14)17)10-16(20)18-8-6-13(11-19)7-9-18/h2-5,12-13,19H,6-11H2,1H3. The van der Waals surface area contributed by atoms with Crippen LogP contribution in [0.4, 0.5) is 4.39 Å². The van der Waals surface area contributed by atoms with Gasteiger partial charge in [-0.05, 0) is 36.3 Å². The highest BCUT2D eigenvalue weighted by Crippen LogP contribution is 2.24. The Morgan fingerprint density at radius 3 is 2.65 bits per heavy atom. The summed E-state index contributed by atoms with van der Waals surface area (Å²) in [7, 11) is 0. The normalized spacial score (nSPS) is 18.1. The second-order valence-electron chi connectivity index (χ2n) is 5.63. The summed E-state index contributed by atoms with van der Waals surface area (Å²) >= 11 is 0. The smallest absolute Gasteiger partial charge is 0.223 e. The Morgan fingerprint density at radius 1 is 1.40 bits per heavy atom. The summed E-state index contributed by atoms with van der Waals surface area (Å²) in [5.41, 5.74) is 0.603. The molecule has 1 amide bonds. The molecule has 3 nitrogen and oxygen atoms in total. The van der Waals surface area contributed by atoms with E-state index in [1.807, 2.05) is 11.8 Å². The number of halogens is 1. The zero-order chi connectivity index (χ0) is 14.5. The molecule has 1 heterocycles. The number of benzene rings is 1. The van der Waals surface area contributed by atoms with E-state index in [-0.39, 0.29) is 24.2 Å². The molecule has 1 unspecified atom stereocenters. The second kappa shape index (κ2) is 6.84. The maximum Gasteiger partial charge on any atom is 0.223 e. The Kier molecular flexibility index (Phi) is 5.12. The van der Waals surface area contributed by atoms with Crippen LogP contribution < -0.4 is 0 Å². The quantitative estimate of drug-likeness (QED) is 0.920. The van der Waals surface area contributed by atoms with Crippen molar-refractivity contribution in [3.05, 3.63) is 35.6 Å². The van der Waals surface area contributed by atoms with Crippen molar-refractivity contribution in [1.29, 1.82) is 0 Å². The fourth-order valence-corrected chi connectivity index (χ4v) is 2.74. The maximum atomic E-state index is 13.7. The number of hydrogen-bond acceptors (Lipinski definition) is 2. The van der Waals surface area contributed by atoms with Gasteiger partial charge in [0.05, 0.1) is 0 Å². The number of likely N-dealkylation sites (tertiary alicyclic amines) is 1. The predicted octanol–water partition coefficient (Wildman–Crippen LogP) is 2.55. The van der Waals surface area contributed by atoms with E-state index < -0.39 is 0 Å². The third kappa shape index (κ3) is 3.57. The molecule has 1 saturated heterocycles. The van der Waals surface area contributed by atoms with Crippen LogP contribution in [0.15, 0.2) is 24.3 Å². The van der Waals surface area contributed by atoms with Crippen molar-refractivity contribution in [2.45, 2.75) is 32.1 Å². The zero-order valence-corrected chi connectivity index (χ0v) is 11.9. The van der Waals surface area contributed by atoms with Crippen LogP contribution >= 0.6 is 0 Å². The summed E-state index contributed by atoms with van der Waals surface area (Å²) in [5.74, 6) is 0.0474. The van der Waals surface area contributed by atoms with E-state index in [4.69, 9.17) is 5.11 Å². The Labute approximate surface area is 119 Å². The van der Waals surface area contributed by atoms with Crippen LogP contribution in [0.1, 0.15) is 37.7 Å². The molecular formula is C16H22FNO2. The largest absolute Gasteiger partial charge is 0.396 e. The van der Waals surface area contributed by atoms with E-state index in [9.17, 15) is 9.18 Å². The van der Waals surface area contributed by atoms with E-state index in [0.717, 1.165) is 12.8 Å². The minimum Gasteiger partial charge on any atom is -0.396 e. The molecule has 4 heteroatoms. The van der Waals surface area contributed by atoms with Crippen LogP contribution in [0.5, 0.6) is 0 Å². The van der Waals surface area contributed by atoms with Crippen molar-refractivity contribution >= 4 is 5.91 Å². The summed E-state index contributed by atoms with van der Waals surface area (Å²) in [6, 6.07) is 6.63. The minimum atomic E-state index is -0.244. The molecule has 0 aliphatic carbocycles. The number of amides is 1. The van der Waals surface area contributed by atoms with Gasteiger partial charge < -0.3 is 10.0 Å². The number of nitrogens with zero attached hydrogens (tertiary/aromatic N) is 1. The average Bonchev–Trinajstić information content (AvgIpc) is 2.47. The van der Waals surface area contributed by atoms with E-state index in [0.29, 0.717) is 31.0 Å². The fraction of sp³-hybridized carbons (Fsp3) is 0.562. The summed E-state index contributed by atoms with van der Waals surface area (Å²) in [4.78, 5) is 14.1. The summed E-state index contributed by atoms with van der Waals surface area (Å²) < 4.78 is 13.7. The van der Waals surface area contributed by atoms with Gasteiger partial charge in [0.15, 0.2) is 0 Å². The van der Waals surface area contributed by atoms with E-state index in [2.05, 4.69) is 0 Å². The van der Waals surface area contributed by atoms with Gasteiger partial charge >= 0.3 is 0 Å². The van der Waals surface area contributed by atoms with E-state index in [1.165, 1.54) is 6.07 Å². The number of piperidine rings is 1. The van der Waals surface area contributed by atoms with Gasteiger partial charge in [0.25, 0.3) is 0 Å². The summed E-state index contributed by atoms with van der Waals surface area (Å²) in [6.07, 6.45) is 2.05. The van der Waals surface area contributed by atoms with Crippen molar-refractivity contribution in [1.82, 2.24) is 4.90 Å². The van der Waals surface area contributed by atoms with Gasteiger partial charge in [0.2, 0.25) is 5.91 Å². The monoisotopic (exact) mass is 279 g/mol. The molecule has 2 rings (SSSR count). The molecule has 0 aromatic heterocycles. The predicted molar refractivity (Wildman–Crippen MR) is 75.8 cm³/mol. The number of carbonyl (C=O) groups is 1. The van der Waals surface area contributed by atoms with Gasteiger partial charge in [0.1, 0.15) is 5.82 Å². The lowest BCUT2D eigenvalue weighted by Crippen LogP contribution is -2.39. The third-order valence-electron chi connectivity index (χ3n) is 4.14. The highest BCUT2D eigenvalue weighted by Gasteiger charge is 2.24. The van der Waals surface area contributed by atoms with Gasteiger partial charge in [-0.2, -0.15) is 0 Å². The van der Waals surface area contributed by atoms with Gasteiger partial charge in [-0.25, -0.2) is 4.39 Å². The van der Waals surface area contributed by atoms with Crippen molar-refractivity contribution in [3.63, 3.8) is 0 Å². The number of rotatable bonds is 4. The first-order chi connectivity index (χ1) is 9.61. The number of hydrogen-bond donors (Lipinski definition) is 1. The zero-order valence-electron chi connectivity index (χ0n) is 11.9. The molecule has 0 bridgehead atoms. The molecule has 1 aromatic rings. The van der Waals surface area contributed by atoms with Gasteiger partial charge in [-0.1, -0.05) is 25.1 Å². The number of carbonyl (C=O) groups excluding carboxylic acids is 1. The second-order valence-corrected chi connectivity index (χ2v) is 5.63. The molecule has 1 N–H and O–H groups in total. The Morgan fingerprint density at radius 2 is 2.05 bits per heavy atom. The van der Waals surface area contributed by atoms with Crippen LogP contribution in [0, 0.1) is 11.7 Å². The Bertz CT molecular complexity index is 456. The molecule has 1 aliphatic heterocycles. The van der Waals surface area contributed by atoms with Crippen molar-refractivity contribution < 1.29 is 14.3 Å². The van der Waals surface area contributed by atoms with Crippen molar-refractivity contribution in [2.24, 2.45) is 5.92 Å². The van der Waals surface area contributed by atoms with E-state index >= 15 is 0 Å². The lowest BCUT2D eigenvalue weighted by atomic mass is 9.94. The first-order valence-corrected chi connectivity index (χ1v) is 7.25. The third-order valence-corrected chi connectivity index (χ3v) is 4.14. The van der Waals surface area contributed by atoms with Gasteiger partial charge in [-0.3, -0.25) is 4.79 Å². The van der Waals surface area contributed by atoms with Gasteiger partial charge in [0, 0.05) is 26.1 Å². The first kappa shape index (κ1) is 15.0. The van der Waals surface area contributed by atoms with E-state index in [1.54, 1.807) is 18.2 Å². The van der Waals surface area contributed by atoms with Crippen LogP contribution in [-0.4, -0.2) is 35.6 Å². The Balaban J connectivity index is 1.90. The molecule has 20 heavy (non-hydrogen) atoms. The summed E-state index contributed by atoms with van der Waals surface area (Å²) in [5, 5.41) is 9.10. The molecule has 1 fully saturated rings. The average molecular weight is 279 g/mol. The molecule has 110 valence electrons. The topological polar surface area (TPSA) is 40.5 Å². The fourth-order valence-electron chi connectivity index (χ4n) is 2.74. The molecule has 1 aromatic carbocycles. The highest BCUT2D eigenvalue weighted by molar-refractivity contribution is 5.77. The number of aliphatic hydroxyl groups excluding tert-OH is 1. The molecule has 1 atom stereocenters. The van der Waals surface area contributed by atoms with Crippen LogP contribution in [0.2, 0.25) is 0 Å². The van der Waals surface area contributed by atoms with Crippen LogP contribution in [0.25, 0.3) is 0 Å². The summed E-state index contributed by atoms with van der Waals surface area (Å²) in [6.45, 7) is 3.49. The van der Waals surface area contributed by atoms with Crippen molar-refractivity contribution in [3.8, 4) is 0 Å². The maximum absolute atomic E-state index is 13.7. The molecule has 0 radical (unpaired) electrons. The molecule has 1 aliphatic rings. The van der Waals surface area contributed by atoms with Crippen LogP contribution in [0.3, 0.4) is 0 Å². The highest BCUT2D eigenvalue weighted by atomic mass is 19.1. The lowest BCUT2D eigenvalue weighted by Gasteiger charge is -2.32. The van der Waals surface area contributed by atoms with Crippen molar-refractivity contribution in [2.75, 3.05) is 19.7 Å². The molecular weight excluding hydrogens is 257 g/mol. The molecule has 0 spiro atoms. The minimum absolute atomic E-state index is 0.0807.